The van der Waals surface area contributed by atoms with Gasteiger partial charge in [0, 0.05) is 11.6 Å². The highest BCUT2D eigenvalue weighted by Crippen LogP contribution is 2.28. The summed E-state index contributed by atoms with van der Waals surface area (Å²) in [4.78, 5) is 12.0. The van der Waals surface area contributed by atoms with Gasteiger partial charge in [-0.1, -0.05) is 51.3 Å². The second-order valence-electron chi connectivity index (χ2n) is 5.99. The predicted octanol–water partition coefficient (Wildman–Crippen LogP) is 3.35. The molecule has 1 amide bonds. The van der Waals surface area contributed by atoms with E-state index in [4.69, 9.17) is 0 Å². The number of carbonyl (C=O) groups excluding carboxylic acids is 1. The Labute approximate surface area is 104 Å². The molecular formula is C15H23NO. The number of nitrogens with one attached hydrogen (secondary N) is 1. The van der Waals surface area contributed by atoms with E-state index in [1.165, 1.54) is 19.3 Å². The summed E-state index contributed by atoms with van der Waals surface area (Å²) in [6, 6.07) is 0.403. The molecule has 0 aromatic heterocycles. The Morgan fingerprint density at radius 1 is 1.29 bits per heavy atom. The number of rotatable bonds is 2. The van der Waals surface area contributed by atoms with Crippen molar-refractivity contribution in [2.24, 2.45) is 5.41 Å². The van der Waals surface area contributed by atoms with Crippen LogP contribution in [0.5, 0.6) is 0 Å². The SMILES string of the molecule is CC1(C)C=CC(C(=O)NC2CCCCC2)=CC1. The smallest absolute Gasteiger partial charge is 0.251 e. The fourth-order valence-corrected chi connectivity index (χ4v) is 2.51. The largest absolute Gasteiger partial charge is 0.349 e. The van der Waals surface area contributed by atoms with Gasteiger partial charge in [0.2, 0.25) is 0 Å². The molecule has 1 fully saturated rings. The molecule has 17 heavy (non-hydrogen) atoms. The van der Waals surface area contributed by atoms with Crippen molar-refractivity contribution >= 4 is 5.91 Å². The van der Waals surface area contributed by atoms with E-state index in [0.29, 0.717) is 6.04 Å². The highest BCUT2D eigenvalue weighted by molar-refractivity contribution is 5.96. The van der Waals surface area contributed by atoms with Gasteiger partial charge in [0.1, 0.15) is 0 Å². The third-order valence-corrected chi connectivity index (χ3v) is 3.76. The van der Waals surface area contributed by atoms with E-state index in [1.54, 1.807) is 0 Å². The first-order valence-electron chi connectivity index (χ1n) is 6.77. The second-order valence-corrected chi connectivity index (χ2v) is 5.99. The average Bonchev–Trinajstić information content (AvgIpc) is 2.30. The Bertz CT molecular complexity index is 346. The molecule has 0 heterocycles. The second kappa shape index (κ2) is 5.07. The zero-order valence-electron chi connectivity index (χ0n) is 11.0. The Morgan fingerprint density at radius 3 is 2.59 bits per heavy atom. The predicted molar refractivity (Wildman–Crippen MR) is 70.6 cm³/mol. The van der Waals surface area contributed by atoms with E-state index in [9.17, 15) is 4.79 Å². The van der Waals surface area contributed by atoms with Gasteiger partial charge in [-0.2, -0.15) is 0 Å². The standard InChI is InChI=1S/C15H23NO/c1-15(2)10-8-12(9-11-15)14(17)16-13-6-4-3-5-7-13/h8-10,13H,3-7,11H2,1-2H3,(H,16,17). The van der Waals surface area contributed by atoms with Crippen LogP contribution in [0.3, 0.4) is 0 Å². The third kappa shape index (κ3) is 3.45. The third-order valence-electron chi connectivity index (χ3n) is 3.76. The Kier molecular flexibility index (Phi) is 3.70. The van der Waals surface area contributed by atoms with Crippen LogP contribution >= 0.6 is 0 Å². The summed E-state index contributed by atoms with van der Waals surface area (Å²) < 4.78 is 0. The van der Waals surface area contributed by atoms with Crippen molar-refractivity contribution in [3.63, 3.8) is 0 Å². The molecule has 2 nitrogen and oxygen atoms in total. The van der Waals surface area contributed by atoms with Crippen LogP contribution in [0.2, 0.25) is 0 Å². The molecule has 1 saturated carbocycles. The van der Waals surface area contributed by atoms with Crippen LogP contribution in [-0.4, -0.2) is 11.9 Å². The molecule has 2 heteroatoms. The molecule has 0 aromatic carbocycles. The lowest BCUT2D eigenvalue weighted by Gasteiger charge is -2.25. The van der Waals surface area contributed by atoms with Crippen molar-refractivity contribution in [1.82, 2.24) is 5.32 Å². The van der Waals surface area contributed by atoms with Crippen molar-refractivity contribution in [3.8, 4) is 0 Å². The fraction of sp³-hybridized carbons (Fsp3) is 0.667. The molecule has 2 aliphatic carbocycles. The highest BCUT2D eigenvalue weighted by atomic mass is 16.1. The number of amides is 1. The first kappa shape index (κ1) is 12.4. The number of hydrogen-bond acceptors (Lipinski definition) is 1. The van der Waals surface area contributed by atoms with Crippen molar-refractivity contribution in [1.29, 1.82) is 0 Å². The molecule has 0 unspecified atom stereocenters. The van der Waals surface area contributed by atoms with Crippen molar-refractivity contribution in [3.05, 3.63) is 23.8 Å². The van der Waals surface area contributed by atoms with Gasteiger partial charge in [0.05, 0.1) is 0 Å². The van der Waals surface area contributed by atoms with Gasteiger partial charge >= 0.3 is 0 Å². The minimum atomic E-state index is 0.114. The summed E-state index contributed by atoms with van der Waals surface area (Å²) in [5, 5.41) is 3.16. The summed E-state index contributed by atoms with van der Waals surface area (Å²) in [6.45, 7) is 4.38. The van der Waals surface area contributed by atoms with Crippen LogP contribution in [0.1, 0.15) is 52.4 Å². The summed E-state index contributed by atoms with van der Waals surface area (Å²) >= 11 is 0. The summed E-state index contributed by atoms with van der Waals surface area (Å²) in [5.74, 6) is 0.114. The molecule has 0 aliphatic heterocycles. The number of hydrogen-bond donors (Lipinski definition) is 1. The van der Waals surface area contributed by atoms with E-state index in [0.717, 1.165) is 24.8 Å². The van der Waals surface area contributed by atoms with E-state index >= 15 is 0 Å². The summed E-state index contributed by atoms with van der Waals surface area (Å²) in [7, 11) is 0. The van der Waals surface area contributed by atoms with Gasteiger partial charge in [-0.25, -0.2) is 0 Å². The van der Waals surface area contributed by atoms with Crippen LogP contribution < -0.4 is 5.32 Å². The Hall–Kier alpha value is -1.05. The van der Waals surface area contributed by atoms with E-state index in [1.807, 2.05) is 6.08 Å². The van der Waals surface area contributed by atoms with Crippen LogP contribution in [0.15, 0.2) is 23.8 Å². The van der Waals surface area contributed by atoms with Crippen molar-refractivity contribution < 1.29 is 4.79 Å². The lowest BCUT2D eigenvalue weighted by molar-refractivity contribution is -0.118. The summed E-state index contributed by atoms with van der Waals surface area (Å²) in [6.07, 6.45) is 13.3. The lowest BCUT2D eigenvalue weighted by atomic mass is 9.84. The fourth-order valence-electron chi connectivity index (χ4n) is 2.51. The van der Waals surface area contributed by atoms with Gasteiger partial charge in [-0.3, -0.25) is 4.79 Å². The minimum absolute atomic E-state index is 0.114. The monoisotopic (exact) mass is 233 g/mol. The maximum Gasteiger partial charge on any atom is 0.251 e. The average molecular weight is 233 g/mol. The molecule has 1 N–H and O–H groups in total. The molecule has 0 saturated heterocycles. The van der Waals surface area contributed by atoms with Gasteiger partial charge in [-0.05, 0) is 24.7 Å². The normalized spacial score (nSPS) is 24.2. The number of allylic oxidation sites excluding steroid dienone is 2. The molecule has 0 atom stereocenters. The maximum absolute atomic E-state index is 12.0. The molecule has 2 aliphatic rings. The molecule has 2 rings (SSSR count). The highest BCUT2D eigenvalue weighted by Gasteiger charge is 2.21. The topological polar surface area (TPSA) is 29.1 Å². The Balaban J connectivity index is 1.88. The van der Waals surface area contributed by atoms with Gasteiger partial charge < -0.3 is 5.32 Å². The zero-order chi connectivity index (χ0) is 12.3. The van der Waals surface area contributed by atoms with Crippen molar-refractivity contribution in [2.75, 3.05) is 0 Å². The first-order valence-corrected chi connectivity index (χ1v) is 6.77. The van der Waals surface area contributed by atoms with Crippen LogP contribution in [0.4, 0.5) is 0 Å². The maximum atomic E-state index is 12.0. The molecule has 94 valence electrons. The lowest BCUT2D eigenvalue weighted by Crippen LogP contribution is -2.37. The molecular weight excluding hydrogens is 210 g/mol. The molecule has 0 spiro atoms. The van der Waals surface area contributed by atoms with E-state index < -0.39 is 0 Å². The number of carbonyl (C=O) groups is 1. The Morgan fingerprint density at radius 2 is 2.00 bits per heavy atom. The van der Waals surface area contributed by atoms with E-state index in [2.05, 4.69) is 31.3 Å². The van der Waals surface area contributed by atoms with Gasteiger partial charge in [-0.15, -0.1) is 0 Å². The summed E-state index contributed by atoms with van der Waals surface area (Å²) in [5.41, 5.74) is 1.05. The zero-order valence-corrected chi connectivity index (χ0v) is 11.0. The van der Waals surface area contributed by atoms with Crippen LogP contribution in [-0.2, 0) is 4.79 Å². The molecule has 0 aromatic rings. The van der Waals surface area contributed by atoms with Crippen LogP contribution in [0, 0.1) is 5.41 Å². The van der Waals surface area contributed by atoms with E-state index in [-0.39, 0.29) is 11.3 Å². The van der Waals surface area contributed by atoms with Gasteiger partial charge in [0.15, 0.2) is 0 Å². The molecule has 0 bridgehead atoms. The van der Waals surface area contributed by atoms with Gasteiger partial charge in [0.25, 0.3) is 5.91 Å². The van der Waals surface area contributed by atoms with Crippen LogP contribution in [0.25, 0.3) is 0 Å². The molecule has 0 radical (unpaired) electrons. The minimum Gasteiger partial charge on any atom is -0.349 e. The first-order chi connectivity index (χ1) is 8.07. The van der Waals surface area contributed by atoms with Crippen molar-refractivity contribution in [2.45, 2.75) is 58.4 Å². The quantitative estimate of drug-likeness (QED) is 0.778.